The van der Waals surface area contributed by atoms with Gasteiger partial charge in [0.2, 0.25) is 0 Å². The molecule has 0 unspecified atom stereocenters. The summed E-state index contributed by atoms with van der Waals surface area (Å²) < 4.78 is 5.26. The fraction of sp³-hybridized carbons (Fsp3) is 0.944. The van der Waals surface area contributed by atoms with E-state index >= 15 is 0 Å². The Bertz CT molecular complexity index is 238. The molecule has 0 aliphatic heterocycles. The maximum atomic E-state index is 11.5. The van der Waals surface area contributed by atoms with Gasteiger partial charge in [0.05, 0.1) is 6.61 Å². The fourth-order valence-electron chi connectivity index (χ4n) is 2.19. The van der Waals surface area contributed by atoms with Gasteiger partial charge < -0.3 is 4.74 Å². The molecule has 2 nitrogen and oxygen atoms in total. The van der Waals surface area contributed by atoms with Crippen LogP contribution in [0.1, 0.15) is 92.4 Å². The Morgan fingerprint density at radius 3 is 2.20 bits per heavy atom. The number of ether oxygens (including phenoxy) is 1. The Balaban J connectivity index is 3.29. The van der Waals surface area contributed by atoms with Crippen LogP contribution in [-0.4, -0.2) is 12.6 Å². The van der Waals surface area contributed by atoms with Gasteiger partial charge in [-0.25, -0.2) is 0 Å². The lowest BCUT2D eigenvalue weighted by Gasteiger charge is -2.17. The van der Waals surface area contributed by atoms with Crippen LogP contribution >= 0.6 is 0 Å². The monoisotopic (exact) mass is 284 g/mol. The SMILES string of the molecule is CC(C)CCCCCCOC(=O)CCCCC(C)(C)C. The van der Waals surface area contributed by atoms with Crippen molar-refractivity contribution in [1.82, 2.24) is 0 Å². The van der Waals surface area contributed by atoms with Crippen LogP contribution in [-0.2, 0) is 9.53 Å². The molecule has 0 spiro atoms. The van der Waals surface area contributed by atoms with E-state index in [1.54, 1.807) is 0 Å². The third kappa shape index (κ3) is 15.5. The predicted octanol–water partition coefficient (Wildman–Crippen LogP) is 5.74. The normalized spacial score (nSPS) is 11.9. The number of rotatable bonds is 11. The first-order valence-electron chi connectivity index (χ1n) is 8.47. The van der Waals surface area contributed by atoms with E-state index in [0.29, 0.717) is 18.4 Å². The van der Waals surface area contributed by atoms with Crippen LogP contribution in [0.2, 0.25) is 0 Å². The molecule has 0 radical (unpaired) electrons. The van der Waals surface area contributed by atoms with E-state index in [-0.39, 0.29) is 5.97 Å². The summed E-state index contributed by atoms with van der Waals surface area (Å²) in [5.41, 5.74) is 0.375. The molecule has 0 aromatic heterocycles. The van der Waals surface area contributed by atoms with Crippen molar-refractivity contribution < 1.29 is 9.53 Å². The van der Waals surface area contributed by atoms with Gasteiger partial charge >= 0.3 is 5.97 Å². The molecule has 0 rings (SSSR count). The highest BCUT2D eigenvalue weighted by molar-refractivity contribution is 5.69. The number of hydrogen-bond donors (Lipinski definition) is 0. The van der Waals surface area contributed by atoms with Crippen molar-refractivity contribution in [2.75, 3.05) is 6.61 Å². The van der Waals surface area contributed by atoms with E-state index in [1.165, 1.54) is 32.1 Å². The molecule has 0 bridgehead atoms. The third-order valence-corrected chi connectivity index (χ3v) is 3.50. The first-order valence-corrected chi connectivity index (χ1v) is 8.47. The van der Waals surface area contributed by atoms with Gasteiger partial charge in [-0.15, -0.1) is 0 Å². The quantitative estimate of drug-likeness (QED) is 0.357. The van der Waals surface area contributed by atoms with Crippen molar-refractivity contribution in [3.63, 3.8) is 0 Å². The smallest absolute Gasteiger partial charge is 0.305 e. The maximum Gasteiger partial charge on any atom is 0.305 e. The first kappa shape index (κ1) is 19.5. The molecule has 0 aliphatic rings. The Labute approximate surface area is 126 Å². The van der Waals surface area contributed by atoms with Gasteiger partial charge in [0.15, 0.2) is 0 Å². The summed E-state index contributed by atoms with van der Waals surface area (Å²) in [5.74, 6) is 0.794. The third-order valence-electron chi connectivity index (χ3n) is 3.50. The van der Waals surface area contributed by atoms with Crippen molar-refractivity contribution in [3.8, 4) is 0 Å². The lowest BCUT2D eigenvalue weighted by Crippen LogP contribution is -2.07. The van der Waals surface area contributed by atoms with Crippen LogP contribution in [0.5, 0.6) is 0 Å². The summed E-state index contributed by atoms with van der Waals surface area (Å²) >= 11 is 0. The van der Waals surface area contributed by atoms with Crippen LogP contribution in [0.15, 0.2) is 0 Å². The lowest BCUT2D eigenvalue weighted by atomic mass is 9.89. The Hall–Kier alpha value is -0.530. The molecular weight excluding hydrogens is 248 g/mol. The largest absolute Gasteiger partial charge is 0.466 e. The van der Waals surface area contributed by atoms with Gasteiger partial charge in [-0.2, -0.15) is 0 Å². The van der Waals surface area contributed by atoms with Crippen molar-refractivity contribution in [2.24, 2.45) is 11.3 Å². The molecule has 0 saturated carbocycles. The molecule has 0 aromatic rings. The van der Waals surface area contributed by atoms with E-state index in [9.17, 15) is 4.79 Å². The second-order valence-electron chi connectivity index (χ2n) is 7.58. The number of carbonyl (C=O) groups excluding carboxylic acids is 1. The van der Waals surface area contributed by atoms with Crippen LogP contribution in [0.3, 0.4) is 0 Å². The minimum absolute atomic E-state index is 0.0129. The van der Waals surface area contributed by atoms with E-state index in [2.05, 4.69) is 34.6 Å². The van der Waals surface area contributed by atoms with Crippen molar-refractivity contribution in [2.45, 2.75) is 92.4 Å². The number of esters is 1. The Morgan fingerprint density at radius 1 is 0.950 bits per heavy atom. The summed E-state index contributed by atoms with van der Waals surface area (Å²) in [6, 6.07) is 0. The molecule has 2 heteroatoms. The summed E-state index contributed by atoms with van der Waals surface area (Å²) in [6.45, 7) is 11.9. The summed E-state index contributed by atoms with van der Waals surface area (Å²) in [4.78, 5) is 11.5. The molecule has 0 amide bonds. The molecule has 0 saturated heterocycles. The van der Waals surface area contributed by atoms with Gasteiger partial charge in [0, 0.05) is 6.42 Å². The molecule has 0 atom stereocenters. The van der Waals surface area contributed by atoms with Gasteiger partial charge in [0.1, 0.15) is 0 Å². The van der Waals surface area contributed by atoms with Crippen molar-refractivity contribution >= 4 is 5.97 Å². The van der Waals surface area contributed by atoms with Gasteiger partial charge in [-0.1, -0.05) is 66.7 Å². The Kier molecular flexibility index (Phi) is 10.9. The highest BCUT2D eigenvalue weighted by atomic mass is 16.5. The number of carbonyl (C=O) groups is 1. The zero-order chi connectivity index (χ0) is 15.4. The van der Waals surface area contributed by atoms with E-state index in [1.807, 2.05) is 0 Å². The highest BCUT2D eigenvalue weighted by Crippen LogP contribution is 2.22. The molecule has 0 fully saturated rings. The highest BCUT2D eigenvalue weighted by Gasteiger charge is 2.10. The molecule has 0 heterocycles. The van der Waals surface area contributed by atoms with Crippen LogP contribution in [0.25, 0.3) is 0 Å². The van der Waals surface area contributed by atoms with Crippen LogP contribution in [0.4, 0.5) is 0 Å². The van der Waals surface area contributed by atoms with E-state index < -0.39 is 0 Å². The minimum Gasteiger partial charge on any atom is -0.466 e. The van der Waals surface area contributed by atoms with Crippen LogP contribution < -0.4 is 0 Å². The average molecular weight is 284 g/mol. The predicted molar refractivity (Wildman–Crippen MR) is 86.8 cm³/mol. The fourth-order valence-corrected chi connectivity index (χ4v) is 2.19. The molecule has 0 aliphatic carbocycles. The van der Waals surface area contributed by atoms with Crippen LogP contribution in [0, 0.1) is 11.3 Å². The second-order valence-corrected chi connectivity index (χ2v) is 7.58. The maximum absolute atomic E-state index is 11.5. The minimum atomic E-state index is -0.0129. The van der Waals surface area contributed by atoms with E-state index in [4.69, 9.17) is 4.74 Å². The summed E-state index contributed by atoms with van der Waals surface area (Å²) in [5, 5.41) is 0. The standard InChI is InChI=1S/C18H36O2/c1-16(2)12-8-6-7-11-15-20-17(19)13-9-10-14-18(3,4)5/h16H,6-15H2,1-5H3. The molecule has 20 heavy (non-hydrogen) atoms. The number of hydrogen-bond acceptors (Lipinski definition) is 2. The van der Waals surface area contributed by atoms with E-state index in [0.717, 1.165) is 25.2 Å². The van der Waals surface area contributed by atoms with Gasteiger partial charge in [-0.05, 0) is 30.6 Å². The average Bonchev–Trinajstić information content (AvgIpc) is 2.32. The Morgan fingerprint density at radius 2 is 1.60 bits per heavy atom. The lowest BCUT2D eigenvalue weighted by molar-refractivity contribution is -0.143. The zero-order valence-electron chi connectivity index (χ0n) is 14.5. The van der Waals surface area contributed by atoms with Crippen molar-refractivity contribution in [1.29, 1.82) is 0 Å². The zero-order valence-corrected chi connectivity index (χ0v) is 14.5. The molecule has 0 N–H and O–H groups in total. The topological polar surface area (TPSA) is 26.3 Å². The molecule has 120 valence electrons. The van der Waals surface area contributed by atoms with Gasteiger partial charge in [0.25, 0.3) is 0 Å². The number of unbranched alkanes of at least 4 members (excludes halogenated alkanes) is 4. The summed E-state index contributed by atoms with van der Waals surface area (Å²) in [7, 11) is 0. The summed E-state index contributed by atoms with van der Waals surface area (Å²) in [6.07, 6.45) is 9.93. The first-order chi connectivity index (χ1) is 9.31. The second kappa shape index (κ2) is 11.2. The molecule has 0 aromatic carbocycles. The molecular formula is C18H36O2. The van der Waals surface area contributed by atoms with Crippen molar-refractivity contribution in [3.05, 3.63) is 0 Å². The van der Waals surface area contributed by atoms with Gasteiger partial charge in [-0.3, -0.25) is 4.79 Å².